The molecule has 2 N–H and O–H groups in total. The fraction of sp³-hybridized carbons (Fsp3) is 0.125. The van der Waals surface area contributed by atoms with Gasteiger partial charge in [0.05, 0.1) is 16.9 Å². The summed E-state index contributed by atoms with van der Waals surface area (Å²) in [5, 5.41) is 3.20. The first-order valence-electron chi connectivity index (χ1n) is 7.23. The molecule has 0 bridgehead atoms. The zero-order valence-electron chi connectivity index (χ0n) is 13.3. The van der Waals surface area contributed by atoms with Gasteiger partial charge in [0, 0.05) is 30.7 Å². The molecule has 0 fully saturated rings. The van der Waals surface area contributed by atoms with E-state index in [1.165, 1.54) is 7.05 Å². The fourth-order valence-electron chi connectivity index (χ4n) is 2.26. The highest BCUT2D eigenvalue weighted by Gasteiger charge is 2.16. The highest BCUT2D eigenvalue weighted by Crippen LogP contribution is 2.31. The smallest absolute Gasteiger partial charge is 0.240 e. The summed E-state index contributed by atoms with van der Waals surface area (Å²) < 4.78 is 28.3. The van der Waals surface area contributed by atoms with Crippen molar-refractivity contribution in [3.63, 3.8) is 0 Å². The maximum Gasteiger partial charge on any atom is 0.240 e. The summed E-state index contributed by atoms with van der Waals surface area (Å²) >= 11 is 0. The maximum atomic E-state index is 12.1. The van der Waals surface area contributed by atoms with E-state index in [2.05, 4.69) is 20.0 Å². The van der Waals surface area contributed by atoms with Crippen LogP contribution in [0.2, 0.25) is 0 Å². The third-order valence-corrected chi connectivity index (χ3v) is 4.89. The number of pyridine rings is 1. The average molecular weight is 343 g/mol. The van der Waals surface area contributed by atoms with Gasteiger partial charge in [-0.15, -0.1) is 0 Å². The molecule has 0 spiro atoms. The molecule has 8 heteroatoms. The van der Waals surface area contributed by atoms with E-state index in [1.807, 2.05) is 31.4 Å². The van der Waals surface area contributed by atoms with E-state index in [0.717, 1.165) is 5.69 Å². The lowest BCUT2D eigenvalue weighted by molar-refractivity contribution is 0.588. The predicted octanol–water partition coefficient (Wildman–Crippen LogP) is 2.13. The van der Waals surface area contributed by atoms with Gasteiger partial charge < -0.3 is 9.88 Å². The summed E-state index contributed by atoms with van der Waals surface area (Å²) in [4.78, 5) is 8.74. The Kier molecular flexibility index (Phi) is 4.32. The van der Waals surface area contributed by atoms with Crippen LogP contribution in [0.1, 0.15) is 0 Å². The van der Waals surface area contributed by atoms with E-state index < -0.39 is 10.0 Å². The Hall–Kier alpha value is -2.71. The predicted molar refractivity (Wildman–Crippen MR) is 92.4 cm³/mol. The number of hydrogen-bond acceptors (Lipinski definition) is 5. The van der Waals surface area contributed by atoms with Crippen LogP contribution < -0.4 is 10.0 Å². The molecule has 0 atom stereocenters. The van der Waals surface area contributed by atoms with Crippen LogP contribution in [-0.4, -0.2) is 30.0 Å². The molecule has 0 saturated carbocycles. The summed E-state index contributed by atoms with van der Waals surface area (Å²) in [7, 11) is -0.297. The second-order valence-electron chi connectivity index (χ2n) is 5.18. The lowest BCUT2D eigenvalue weighted by Gasteiger charge is -2.12. The molecule has 0 aliphatic carbocycles. The van der Waals surface area contributed by atoms with Gasteiger partial charge in [-0.3, -0.25) is 0 Å². The topological polar surface area (TPSA) is 88.9 Å². The van der Waals surface area contributed by atoms with Gasteiger partial charge in [0.1, 0.15) is 5.82 Å². The molecule has 0 amide bonds. The fourth-order valence-corrected chi connectivity index (χ4v) is 3.01. The van der Waals surface area contributed by atoms with E-state index in [1.54, 1.807) is 35.3 Å². The molecule has 3 rings (SSSR count). The van der Waals surface area contributed by atoms with Crippen LogP contribution >= 0.6 is 0 Å². The molecule has 1 aromatic carbocycles. The number of aromatic nitrogens is 3. The monoisotopic (exact) mass is 343 g/mol. The summed E-state index contributed by atoms with van der Waals surface area (Å²) in [5.41, 5.74) is 2.07. The van der Waals surface area contributed by atoms with Gasteiger partial charge in [-0.05, 0) is 37.4 Å². The zero-order valence-corrected chi connectivity index (χ0v) is 14.1. The summed E-state index contributed by atoms with van der Waals surface area (Å²) in [5.74, 6) is 0.666. The first-order valence-corrected chi connectivity index (χ1v) is 8.72. The molecule has 124 valence electrons. The zero-order chi connectivity index (χ0) is 17.2. The van der Waals surface area contributed by atoms with Gasteiger partial charge in [0.2, 0.25) is 10.0 Å². The van der Waals surface area contributed by atoms with Crippen molar-refractivity contribution in [2.75, 3.05) is 12.4 Å². The normalized spacial score (nSPS) is 11.4. The number of imidazole rings is 1. The molecule has 0 saturated heterocycles. The van der Waals surface area contributed by atoms with Crippen molar-refractivity contribution >= 4 is 21.5 Å². The third kappa shape index (κ3) is 3.29. The van der Waals surface area contributed by atoms with Crippen molar-refractivity contribution in [1.82, 2.24) is 19.3 Å². The second kappa shape index (κ2) is 6.42. The number of sulfonamides is 1. The number of hydrogen-bond donors (Lipinski definition) is 2. The largest absolute Gasteiger partial charge is 0.340 e. The Balaban J connectivity index is 2.11. The molecule has 0 radical (unpaired) electrons. The van der Waals surface area contributed by atoms with Crippen molar-refractivity contribution in [1.29, 1.82) is 0 Å². The van der Waals surface area contributed by atoms with Crippen molar-refractivity contribution in [2.45, 2.75) is 4.90 Å². The van der Waals surface area contributed by atoms with Crippen LogP contribution in [0.4, 0.5) is 11.5 Å². The van der Waals surface area contributed by atoms with Crippen LogP contribution in [0.5, 0.6) is 0 Å². The molecule has 0 aliphatic heterocycles. The van der Waals surface area contributed by atoms with Gasteiger partial charge in [-0.25, -0.2) is 23.1 Å². The van der Waals surface area contributed by atoms with Gasteiger partial charge in [-0.1, -0.05) is 6.07 Å². The molecule has 24 heavy (non-hydrogen) atoms. The van der Waals surface area contributed by atoms with Gasteiger partial charge in [-0.2, -0.15) is 0 Å². The van der Waals surface area contributed by atoms with Crippen LogP contribution in [0.15, 0.2) is 60.0 Å². The minimum Gasteiger partial charge on any atom is -0.340 e. The first-order chi connectivity index (χ1) is 11.5. The van der Waals surface area contributed by atoms with Crippen LogP contribution in [0.3, 0.4) is 0 Å². The van der Waals surface area contributed by atoms with Crippen LogP contribution in [0, 0.1) is 0 Å². The van der Waals surface area contributed by atoms with Crippen molar-refractivity contribution in [3.8, 4) is 11.3 Å². The molecule has 7 nitrogen and oxygen atoms in total. The SMILES string of the molecule is CNS(=O)(=O)c1ccc(Nc2ccccn2)c(-c2cn(C)cn2)c1. The van der Waals surface area contributed by atoms with Crippen molar-refractivity contribution in [2.24, 2.45) is 7.05 Å². The maximum absolute atomic E-state index is 12.1. The molecular formula is C16H17N5O2S. The lowest BCUT2D eigenvalue weighted by atomic mass is 10.1. The van der Waals surface area contributed by atoms with Crippen molar-refractivity contribution < 1.29 is 8.42 Å². The van der Waals surface area contributed by atoms with E-state index in [4.69, 9.17) is 0 Å². The Morgan fingerprint density at radius 3 is 2.58 bits per heavy atom. The first kappa shape index (κ1) is 16.2. The molecule has 2 aromatic heterocycles. The number of nitrogens with zero attached hydrogens (tertiary/aromatic N) is 3. The second-order valence-corrected chi connectivity index (χ2v) is 7.07. The standard InChI is InChI=1S/C16H17N5O2S/c1-17-24(22,23)12-6-7-14(20-16-5-3-4-8-18-16)13(9-12)15-10-21(2)11-19-15/h3-11,17H,1-2H3,(H,18,20). The minimum absolute atomic E-state index is 0.178. The Bertz CT molecular complexity index is 952. The number of rotatable bonds is 5. The third-order valence-electron chi connectivity index (χ3n) is 3.48. The average Bonchev–Trinajstić information content (AvgIpc) is 3.02. The summed E-state index contributed by atoms with van der Waals surface area (Å²) in [6.07, 6.45) is 5.18. The van der Waals surface area contributed by atoms with Gasteiger partial charge in [0.25, 0.3) is 0 Å². The minimum atomic E-state index is -3.54. The molecule has 0 aliphatic rings. The number of anilines is 2. The highest BCUT2D eigenvalue weighted by atomic mass is 32.2. The van der Waals surface area contributed by atoms with E-state index >= 15 is 0 Å². The Morgan fingerprint density at radius 1 is 1.12 bits per heavy atom. The summed E-state index contributed by atoms with van der Waals surface area (Å²) in [6, 6.07) is 10.4. The van der Waals surface area contributed by atoms with Gasteiger partial charge >= 0.3 is 0 Å². The lowest BCUT2D eigenvalue weighted by Crippen LogP contribution is -2.18. The van der Waals surface area contributed by atoms with Crippen LogP contribution in [-0.2, 0) is 17.1 Å². The van der Waals surface area contributed by atoms with E-state index in [-0.39, 0.29) is 4.90 Å². The quantitative estimate of drug-likeness (QED) is 0.741. The molecular weight excluding hydrogens is 326 g/mol. The van der Waals surface area contributed by atoms with E-state index in [9.17, 15) is 8.42 Å². The Morgan fingerprint density at radius 2 is 1.96 bits per heavy atom. The molecule has 3 aromatic rings. The van der Waals surface area contributed by atoms with E-state index in [0.29, 0.717) is 17.1 Å². The Labute approximate surface area is 140 Å². The summed E-state index contributed by atoms with van der Waals surface area (Å²) in [6.45, 7) is 0. The molecule has 0 unspecified atom stereocenters. The number of nitrogens with one attached hydrogen (secondary N) is 2. The number of aryl methyl sites for hydroxylation is 1. The van der Waals surface area contributed by atoms with Gasteiger partial charge in [0.15, 0.2) is 0 Å². The highest BCUT2D eigenvalue weighted by molar-refractivity contribution is 7.89. The van der Waals surface area contributed by atoms with Crippen molar-refractivity contribution in [3.05, 3.63) is 55.1 Å². The van der Waals surface area contributed by atoms with Crippen LogP contribution in [0.25, 0.3) is 11.3 Å². The number of benzene rings is 1. The molecule has 2 heterocycles.